The van der Waals surface area contributed by atoms with Gasteiger partial charge in [0.2, 0.25) is 0 Å². The zero-order valence-electron chi connectivity index (χ0n) is 32.5. The molecule has 0 N–H and O–H groups in total. The van der Waals surface area contributed by atoms with Gasteiger partial charge in [0, 0.05) is 27.1 Å². The molecule has 0 bridgehead atoms. The lowest BCUT2D eigenvalue weighted by molar-refractivity contribution is -0.137. The highest BCUT2D eigenvalue weighted by Crippen LogP contribution is 2.43. The van der Waals surface area contributed by atoms with E-state index < -0.39 is 11.7 Å². The fourth-order valence-corrected chi connectivity index (χ4v) is 8.83. The van der Waals surface area contributed by atoms with Gasteiger partial charge in [0.15, 0.2) is 0 Å². The van der Waals surface area contributed by atoms with Crippen LogP contribution < -0.4 is 0 Å². The van der Waals surface area contributed by atoms with Crippen LogP contribution in [0.3, 0.4) is 0 Å². The lowest BCUT2D eigenvalue weighted by Gasteiger charge is -2.20. The van der Waals surface area contributed by atoms with Crippen LogP contribution in [0.5, 0.6) is 0 Å². The SMILES string of the molecule is Cc1cc(-c2cc(-n3c4ccccc4c4cc(-c5ccccc5C#N)ccc43)c(C#N)cc2-n2c3ccccc3c3cc(-c4ccccc4C#N)ccc32)cc(C(F)(F)F)c1. The summed E-state index contributed by atoms with van der Waals surface area (Å²) < 4.78 is 47.7. The number of rotatable bonds is 5. The molecule has 0 atom stereocenters. The molecule has 0 unspecified atom stereocenters. The Labute approximate surface area is 348 Å². The third kappa shape index (κ3) is 5.99. The van der Waals surface area contributed by atoms with Gasteiger partial charge in [0.05, 0.1) is 67.8 Å². The van der Waals surface area contributed by atoms with Gasteiger partial charge in [-0.25, -0.2) is 0 Å². The topological polar surface area (TPSA) is 81.2 Å². The Morgan fingerprint density at radius 2 is 0.885 bits per heavy atom. The maximum absolute atomic E-state index is 14.6. The van der Waals surface area contributed by atoms with Crippen LogP contribution in [-0.4, -0.2) is 9.13 Å². The number of hydrogen-bond acceptors (Lipinski definition) is 3. The standard InChI is InChI=1S/C53H30F3N5/c1-32-22-37(24-39(23-32)53(54,55)56)44-28-51(60-47-16-8-6-14-42(47)45-25-33(18-20-49(45)60)40-12-4-2-10-35(40)29-57)38(31-59)27-52(44)61-48-17-9-7-15-43(48)46-26-34(19-21-50(46)61)41-13-5-3-11-36(41)30-58/h2-28H,1H3. The lowest BCUT2D eigenvalue weighted by atomic mass is 9.95. The van der Waals surface area contributed by atoms with E-state index in [1.165, 1.54) is 6.07 Å². The fraction of sp³-hybridized carbons (Fsp3) is 0.0377. The van der Waals surface area contributed by atoms with Crippen molar-refractivity contribution in [3.63, 3.8) is 0 Å². The number of fused-ring (bicyclic) bond motifs is 6. The molecule has 0 fully saturated rings. The molecule has 0 spiro atoms. The van der Waals surface area contributed by atoms with Crippen molar-refractivity contribution in [2.24, 2.45) is 0 Å². The normalized spacial score (nSPS) is 11.6. The fourth-order valence-electron chi connectivity index (χ4n) is 8.83. The Kier molecular flexibility index (Phi) is 8.58. The van der Waals surface area contributed by atoms with Gasteiger partial charge in [-0.15, -0.1) is 0 Å². The van der Waals surface area contributed by atoms with Gasteiger partial charge >= 0.3 is 6.18 Å². The molecule has 5 nitrogen and oxygen atoms in total. The number of hydrogen-bond donors (Lipinski definition) is 0. The second kappa shape index (κ2) is 14.2. The number of aryl methyl sites for hydroxylation is 1. The van der Waals surface area contributed by atoms with Crippen molar-refractivity contribution in [1.29, 1.82) is 15.8 Å². The summed E-state index contributed by atoms with van der Waals surface area (Å²) in [5, 5.41) is 34.5. The summed E-state index contributed by atoms with van der Waals surface area (Å²) in [6, 6.07) is 57.1. The Morgan fingerprint density at radius 1 is 0.410 bits per heavy atom. The average Bonchev–Trinajstić information content (AvgIpc) is 3.80. The second-order valence-electron chi connectivity index (χ2n) is 15.1. The molecule has 8 aromatic carbocycles. The minimum absolute atomic E-state index is 0.314. The third-order valence-corrected chi connectivity index (χ3v) is 11.5. The highest BCUT2D eigenvalue weighted by atomic mass is 19.4. The van der Waals surface area contributed by atoms with Crippen molar-refractivity contribution in [2.75, 3.05) is 0 Å². The largest absolute Gasteiger partial charge is 0.416 e. The van der Waals surface area contributed by atoms with Gasteiger partial charge in [-0.2, -0.15) is 29.0 Å². The van der Waals surface area contributed by atoms with E-state index in [1.54, 1.807) is 31.2 Å². The Hall–Kier alpha value is -8.38. The molecule has 2 heterocycles. The molecule has 10 aromatic rings. The summed E-state index contributed by atoms with van der Waals surface area (Å²) in [6.45, 7) is 1.65. The number of alkyl halides is 3. The quantitative estimate of drug-likeness (QED) is 0.174. The Bertz CT molecular complexity index is 3590. The van der Waals surface area contributed by atoms with Crippen molar-refractivity contribution in [1.82, 2.24) is 9.13 Å². The zero-order valence-corrected chi connectivity index (χ0v) is 32.5. The van der Waals surface area contributed by atoms with Crippen molar-refractivity contribution in [2.45, 2.75) is 13.1 Å². The van der Waals surface area contributed by atoms with E-state index in [1.807, 2.05) is 137 Å². The number of para-hydroxylation sites is 2. The van der Waals surface area contributed by atoms with Crippen LogP contribution in [0.2, 0.25) is 0 Å². The highest BCUT2D eigenvalue weighted by Gasteiger charge is 2.32. The molecule has 0 aliphatic carbocycles. The number of nitriles is 3. The van der Waals surface area contributed by atoms with E-state index >= 15 is 0 Å². The minimum atomic E-state index is -4.60. The van der Waals surface area contributed by atoms with E-state index in [4.69, 9.17) is 0 Å². The molecule has 0 saturated carbocycles. The smallest absolute Gasteiger partial charge is 0.309 e. The van der Waals surface area contributed by atoms with Gasteiger partial charge in [-0.05, 0) is 113 Å². The summed E-state index contributed by atoms with van der Waals surface area (Å²) in [6.07, 6.45) is -4.60. The Balaban J connectivity index is 1.29. The molecule has 10 rings (SSSR count). The van der Waals surface area contributed by atoms with Crippen LogP contribution in [0.25, 0.3) is 88.4 Å². The van der Waals surface area contributed by atoms with Crippen LogP contribution in [0.4, 0.5) is 13.2 Å². The first-order chi connectivity index (χ1) is 29.7. The van der Waals surface area contributed by atoms with Gasteiger partial charge in [-0.3, -0.25) is 0 Å². The van der Waals surface area contributed by atoms with E-state index in [-0.39, 0.29) is 0 Å². The number of halogens is 3. The van der Waals surface area contributed by atoms with E-state index in [0.29, 0.717) is 44.8 Å². The van der Waals surface area contributed by atoms with Crippen LogP contribution in [-0.2, 0) is 6.18 Å². The molecule has 288 valence electrons. The third-order valence-electron chi connectivity index (χ3n) is 11.5. The van der Waals surface area contributed by atoms with Crippen molar-refractivity contribution in [3.05, 3.63) is 192 Å². The average molecular weight is 794 g/mol. The maximum Gasteiger partial charge on any atom is 0.416 e. The van der Waals surface area contributed by atoms with Gasteiger partial charge in [-0.1, -0.05) is 91.0 Å². The van der Waals surface area contributed by atoms with E-state index in [9.17, 15) is 29.0 Å². The second-order valence-corrected chi connectivity index (χ2v) is 15.1. The van der Waals surface area contributed by atoms with Crippen molar-refractivity contribution < 1.29 is 13.2 Å². The molecule has 0 aliphatic heterocycles. The molecule has 0 amide bonds. The molecule has 0 aliphatic rings. The number of nitrogens with zero attached hydrogens (tertiary/aromatic N) is 5. The summed E-state index contributed by atoms with van der Waals surface area (Å²) >= 11 is 0. The van der Waals surface area contributed by atoms with Gasteiger partial charge in [0.25, 0.3) is 0 Å². The molecule has 61 heavy (non-hydrogen) atoms. The monoisotopic (exact) mass is 793 g/mol. The molecule has 0 saturated heterocycles. The summed E-state index contributed by atoms with van der Waals surface area (Å²) in [4.78, 5) is 0. The molecule has 8 heteroatoms. The van der Waals surface area contributed by atoms with Crippen LogP contribution in [0.1, 0.15) is 27.8 Å². The van der Waals surface area contributed by atoms with Crippen LogP contribution >= 0.6 is 0 Å². The molecule has 0 radical (unpaired) electrons. The van der Waals surface area contributed by atoms with E-state index in [0.717, 1.165) is 71.9 Å². The van der Waals surface area contributed by atoms with Crippen LogP contribution in [0, 0.1) is 40.9 Å². The predicted octanol–water partition coefficient (Wildman–Crippen LogP) is 13.8. The molecular formula is C53H30F3N5. The summed E-state index contributed by atoms with van der Waals surface area (Å²) in [5.74, 6) is 0. The first-order valence-corrected chi connectivity index (χ1v) is 19.5. The first-order valence-electron chi connectivity index (χ1n) is 19.5. The Morgan fingerprint density at radius 3 is 1.41 bits per heavy atom. The van der Waals surface area contributed by atoms with Gasteiger partial charge in [0.1, 0.15) is 6.07 Å². The highest BCUT2D eigenvalue weighted by molar-refractivity contribution is 6.12. The molecular weight excluding hydrogens is 764 g/mol. The summed E-state index contributed by atoms with van der Waals surface area (Å²) in [5.41, 5.74) is 9.39. The molecule has 2 aromatic heterocycles. The van der Waals surface area contributed by atoms with E-state index in [2.05, 4.69) is 18.2 Å². The van der Waals surface area contributed by atoms with Crippen molar-refractivity contribution in [3.8, 4) is 63.0 Å². The number of aromatic nitrogens is 2. The van der Waals surface area contributed by atoms with Crippen LogP contribution in [0.15, 0.2) is 164 Å². The first kappa shape index (κ1) is 36.9. The van der Waals surface area contributed by atoms with Crippen molar-refractivity contribution >= 4 is 43.6 Å². The minimum Gasteiger partial charge on any atom is -0.309 e. The van der Waals surface area contributed by atoms with Gasteiger partial charge < -0.3 is 9.13 Å². The predicted molar refractivity (Wildman–Crippen MR) is 235 cm³/mol. The lowest BCUT2D eigenvalue weighted by Crippen LogP contribution is -2.07. The number of benzene rings is 8. The zero-order chi connectivity index (χ0) is 42.0. The summed E-state index contributed by atoms with van der Waals surface area (Å²) in [7, 11) is 0. The maximum atomic E-state index is 14.6.